The van der Waals surface area contributed by atoms with Crippen molar-refractivity contribution in [3.63, 3.8) is 0 Å². The van der Waals surface area contributed by atoms with Gasteiger partial charge >= 0.3 is 0 Å². The molecule has 0 unspecified atom stereocenters. The number of pyridine rings is 1. The molecule has 1 nitrogen and oxygen atoms in total. The van der Waals surface area contributed by atoms with Crippen LogP contribution in [0.3, 0.4) is 0 Å². The topological polar surface area (TPSA) is 12.9 Å². The van der Waals surface area contributed by atoms with Crippen LogP contribution in [0, 0.1) is 0 Å². The van der Waals surface area contributed by atoms with Crippen molar-refractivity contribution in [2.24, 2.45) is 0 Å². The molecule has 0 bridgehead atoms. The Morgan fingerprint density at radius 3 is 2.07 bits per heavy atom. The highest BCUT2D eigenvalue weighted by atomic mass is 32.1. The minimum absolute atomic E-state index is 0.869. The van der Waals surface area contributed by atoms with Gasteiger partial charge in [0.15, 0.2) is 0 Å². The fourth-order valence-corrected chi connectivity index (χ4v) is 1.53. The number of thiocarbonyl (C=S) groups is 1. The summed E-state index contributed by atoms with van der Waals surface area (Å²) in [7, 11) is 0. The van der Waals surface area contributed by atoms with Gasteiger partial charge in [-0.25, -0.2) is 0 Å². The van der Waals surface area contributed by atoms with E-state index in [0.29, 0.717) is 0 Å². The number of rotatable bonds is 2. The van der Waals surface area contributed by atoms with E-state index >= 15 is 0 Å². The molecule has 68 valence electrons. The van der Waals surface area contributed by atoms with Gasteiger partial charge in [-0.05, 0) is 23.3 Å². The van der Waals surface area contributed by atoms with E-state index in [2.05, 4.69) is 4.98 Å². The maximum Gasteiger partial charge on any atom is 0.0522 e. The van der Waals surface area contributed by atoms with Crippen molar-refractivity contribution in [2.45, 2.75) is 0 Å². The van der Waals surface area contributed by atoms with E-state index in [-0.39, 0.29) is 0 Å². The lowest BCUT2D eigenvalue weighted by atomic mass is 10.1. The summed E-state index contributed by atoms with van der Waals surface area (Å²) in [6, 6.07) is 13.8. The molecule has 0 radical (unpaired) electrons. The summed E-state index contributed by atoms with van der Waals surface area (Å²) in [6.45, 7) is 0. The molecule has 0 aliphatic heterocycles. The van der Waals surface area contributed by atoms with Crippen molar-refractivity contribution < 1.29 is 0 Å². The van der Waals surface area contributed by atoms with E-state index in [1.54, 1.807) is 12.4 Å². The van der Waals surface area contributed by atoms with Gasteiger partial charge in [0.2, 0.25) is 0 Å². The standard InChI is InChI=1S/C12H9NS/c14-12(10-4-2-1-3-5-10)11-6-8-13-9-7-11/h1-9H. The van der Waals surface area contributed by atoms with Crippen molar-refractivity contribution in [3.05, 3.63) is 66.0 Å². The van der Waals surface area contributed by atoms with Crippen LogP contribution in [0.2, 0.25) is 0 Å². The first-order chi connectivity index (χ1) is 6.88. The molecular weight excluding hydrogens is 190 g/mol. The van der Waals surface area contributed by atoms with Crippen LogP contribution in [0.15, 0.2) is 54.9 Å². The van der Waals surface area contributed by atoms with Crippen LogP contribution < -0.4 is 0 Å². The summed E-state index contributed by atoms with van der Waals surface area (Å²) >= 11 is 5.36. The molecule has 0 amide bonds. The fraction of sp³-hybridized carbons (Fsp3) is 0. The van der Waals surface area contributed by atoms with E-state index in [1.165, 1.54) is 0 Å². The van der Waals surface area contributed by atoms with Crippen LogP contribution in [0.4, 0.5) is 0 Å². The molecule has 1 aromatic carbocycles. The number of aromatic nitrogens is 1. The van der Waals surface area contributed by atoms with Crippen LogP contribution in [0.25, 0.3) is 0 Å². The first-order valence-corrected chi connectivity index (χ1v) is 4.78. The van der Waals surface area contributed by atoms with Gasteiger partial charge in [0.25, 0.3) is 0 Å². The van der Waals surface area contributed by atoms with Gasteiger partial charge in [0.05, 0.1) is 4.86 Å². The molecule has 2 heteroatoms. The summed E-state index contributed by atoms with van der Waals surface area (Å²) in [5.41, 5.74) is 2.12. The van der Waals surface area contributed by atoms with Gasteiger partial charge in [-0.1, -0.05) is 42.5 Å². The van der Waals surface area contributed by atoms with Crippen molar-refractivity contribution in [1.29, 1.82) is 0 Å². The van der Waals surface area contributed by atoms with Crippen LogP contribution >= 0.6 is 12.2 Å². The lowest BCUT2D eigenvalue weighted by Gasteiger charge is -2.02. The molecule has 2 rings (SSSR count). The second-order valence-corrected chi connectivity index (χ2v) is 3.34. The Morgan fingerprint density at radius 2 is 1.43 bits per heavy atom. The Kier molecular flexibility index (Phi) is 2.65. The average Bonchev–Trinajstić information content (AvgIpc) is 2.30. The highest BCUT2D eigenvalue weighted by Crippen LogP contribution is 2.09. The maximum absolute atomic E-state index is 5.36. The second kappa shape index (κ2) is 4.11. The van der Waals surface area contributed by atoms with Crippen LogP contribution in [0.5, 0.6) is 0 Å². The van der Waals surface area contributed by atoms with Gasteiger partial charge in [0, 0.05) is 12.4 Å². The quantitative estimate of drug-likeness (QED) is 0.545. The number of hydrogen-bond donors (Lipinski definition) is 0. The van der Waals surface area contributed by atoms with E-state index in [4.69, 9.17) is 12.2 Å². The lowest BCUT2D eigenvalue weighted by molar-refractivity contribution is 1.32. The number of hydrogen-bond acceptors (Lipinski definition) is 2. The Morgan fingerprint density at radius 1 is 0.857 bits per heavy atom. The first kappa shape index (κ1) is 9.03. The van der Waals surface area contributed by atoms with E-state index in [1.807, 2.05) is 42.5 Å². The Hall–Kier alpha value is -1.54. The maximum atomic E-state index is 5.36. The molecule has 2 aromatic rings. The SMILES string of the molecule is S=C(c1ccccc1)c1ccncc1. The molecular formula is C12H9NS. The van der Waals surface area contributed by atoms with E-state index in [0.717, 1.165) is 16.0 Å². The Balaban J connectivity index is 2.35. The zero-order chi connectivity index (χ0) is 9.80. The van der Waals surface area contributed by atoms with Gasteiger partial charge < -0.3 is 0 Å². The molecule has 0 spiro atoms. The molecule has 0 atom stereocenters. The molecule has 1 aromatic heterocycles. The molecule has 14 heavy (non-hydrogen) atoms. The van der Waals surface area contributed by atoms with Crippen LogP contribution in [0.1, 0.15) is 11.1 Å². The van der Waals surface area contributed by atoms with Crippen LogP contribution in [-0.4, -0.2) is 9.85 Å². The lowest BCUT2D eigenvalue weighted by Crippen LogP contribution is -1.98. The highest BCUT2D eigenvalue weighted by molar-refractivity contribution is 7.81. The number of nitrogens with zero attached hydrogens (tertiary/aromatic N) is 1. The molecule has 0 aliphatic carbocycles. The van der Waals surface area contributed by atoms with E-state index in [9.17, 15) is 0 Å². The third-order valence-electron chi connectivity index (χ3n) is 1.98. The smallest absolute Gasteiger partial charge is 0.0522 e. The van der Waals surface area contributed by atoms with Crippen molar-refractivity contribution in [3.8, 4) is 0 Å². The fourth-order valence-electron chi connectivity index (χ4n) is 1.26. The van der Waals surface area contributed by atoms with Crippen molar-refractivity contribution in [1.82, 2.24) is 4.98 Å². The normalized spacial score (nSPS) is 9.71. The Bertz CT molecular complexity index is 381. The summed E-state index contributed by atoms with van der Waals surface area (Å²) in [5, 5.41) is 0. The monoisotopic (exact) mass is 199 g/mol. The van der Waals surface area contributed by atoms with Crippen molar-refractivity contribution in [2.75, 3.05) is 0 Å². The predicted octanol–water partition coefficient (Wildman–Crippen LogP) is 2.85. The molecule has 0 saturated heterocycles. The third-order valence-corrected chi connectivity index (χ3v) is 2.45. The summed E-state index contributed by atoms with van der Waals surface area (Å²) in [6.07, 6.45) is 3.51. The van der Waals surface area contributed by atoms with Gasteiger partial charge in [-0.15, -0.1) is 0 Å². The third kappa shape index (κ3) is 1.86. The molecule has 0 aliphatic rings. The molecule has 0 saturated carbocycles. The summed E-state index contributed by atoms with van der Waals surface area (Å²) in [4.78, 5) is 4.83. The minimum atomic E-state index is 0.869. The minimum Gasteiger partial charge on any atom is -0.265 e. The van der Waals surface area contributed by atoms with Crippen LogP contribution in [-0.2, 0) is 0 Å². The largest absolute Gasteiger partial charge is 0.265 e. The van der Waals surface area contributed by atoms with Crippen molar-refractivity contribution >= 4 is 17.1 Å². The molecule has 1 heterocycles. The number of benzene rings is 1. The molecule has 0 N–H and O–H groups in total. The zero-order valence-corrected chi connectivity index (χ0v) is 8.37. The highest BCUT2D eigenvalue weighted by Gasteiger charge is 2.01. The summed E-state index contributed by atoms with van der Waals surface area (Å²) in [5.74, 6) is 0. The zero-order valence-electron chi connectivity index (χ0n) is 7.55. The second-order valence-electron chi connectivity index (χ2n) is 2.93. The predicted molar refractivity (Wildman–Crippen MR) is 61.5 cm³/mol. The van der Waals surface area contributed by atoms with E-state index < -0.39 is 0 Å². The Labute approximate surface area is 88.4 Å². The van der Waals surface area contributed by atoms with Gasteiger partial charge in [-0.2, -0.15) is 0 Å². The van der Waals surface area contributed by atoms with Gasteiger partial charge in [0.1, 0.15) is 0 Å². The first-order valence-electron chi connectivity index (χ1n) is 4.38. The molecule has 0 fully saturated rings. The average molecular weight is 199 g/mol. The summed E-state index contributed by atoms with van der Waals surface area (Å²) < 4.78 is 0. The van der Waals surface area contributed by atoms with Gasteiger partial charge in [-0.3, -0.25) is 4.98 Å².